The lowest BCUT2D eigenvalue weighted by Gasteiger charge is -2.46. The summed E-state index contributed by atoms with van der Waals surface area (Å²) in [4.78, 5) is 0. The summed E-state index contributed by atoms with van der Waals surface area (Å²) in [5, 5.41) is 6.17. The summed E-state index contributed by atoms with van der Waals surface area (Å²) in [6, 6.07) is 15.6. The van der Waals surface area contributed by atoms with E-state index in [2.05, 4.69) is 54.8 Å². The second-order valence-corrected chi connectivity index (χ2v) is 5.81. The van der Waals surface area contributed by atoms with E-state index in [4.69, 9.17) is 4.74 Å². The van der Waals surface area contributed by atoms with Gasteiger partial charge in [0.2, 0.25) is 0 Å². The number of hydrogen-bond donors (Lipinski definition) is 1. The molecular formula is C18H23NO. The van der Waals surface area contributed by atoms with Gasteiger partial charge in [-0.2, -0.15) is 0 Å². The SMILES string of the molecule is CNC(Cc1cccc2ccccc12)C1(OC)CCC1. The van der Waals surface area contributed by atoms with E-state index >= 15 is 0 Å². The van der Waals surface area contributed by atoms with E-state index in [1.807, 2.05) is 7.11 Å². The van der Waals surface area contributed by atoms with E-state index in [0.717, 1.165) is 6.42 Å². The summed E-state index contributed by atoms with van der Waals surface area (Å²) in [6.45, 7) is 0. The van der Waals surface area contributed by atoms with Gasteiger partial charge in [-0.15, -0.1) is 0 Å². The van der Waals surface area contributed by atoms with Gasteiger partial charge >= 0.3 is 0 Å². The standard InChI is InChI=1S/C18H23NO/c1-19-17(18(20-2)11-6-12-18)13-15-9-5-8-14-7-3-4-10-16(14)15/h3-5,7-10,17,19H,6,11-13H2,1-2H3. The highest BCUT2D eigenvalue weighted by molar-refractivity contribution is 5.85. The van der Waals surface area contributed by atoms with Crippen molar-refractivity contribution in [3.63, 3.8) is 0 Å². The monoisotopic (exact) mass is 269 g/mol. The molecule has 1 unspecified atom stereocenters. The van der Waals surface area contributed by atoms with Gasteiger partial charge in [-0.25, -0.2) is 0 Å². The molecule has 20 heavy (non-hydrogen) atoms. The predicted molar refractivity (Wildman–Crippen MR) is 84.1 cm³/mol. The molecule has 0 aromatic heterocycles. The minimum Gasteiger partial charge on any atom is -0.377 e. The molecule has 106 valence electrons. The number of hydrogen-bond acceptors (Lipinski definition) is 2. The largest absolute Gasteiger partial charge is 0.377 e. The molecule has 0 bridgehead atoms. The highest BCUT2D eigenvalue weighted by Gasteiger charge is 2.43. The lowest BCUT2D eigenvalue weighted by Crippen LogP contribution is -2.56. The molecule has 2 heteroatoms. The Labute approximate surface area is 121 Å². The Morgan fingerprint density at radius 2 is 1.90 bits per heavy atom. The van der Waals surface area contributed by atoms with Crippen LogP contribution >= 0.6 is 0 Å². The van der Waals surface area contributed by atoms with Gasteiger partial charge in [-0.1, -0.05) is 42.5 Å². The molecule has 1 fully saturated rings. The third kappa shape index (κ3) is 2.23. The summed E-state index contributed by atoms with van der Waals surface area (Å²) in [5.41, 5.74) is 1.44. The molecule has 2 aromatic carbocycles. The third-order valence-electron chi connectivity index (χ3n) is 4.89. The summed E-state index contributed by atoms with van der Waals surface area (Å²) >= 11 is 0. The van der Waals surface area contributed by atoms with Crippen molar-refractivity contribution in [3.05, 3.63) is 48.0 Å². The topological polar surface area (TPSA) is 21.3 Å². The van der Waals surface area contributed by atoms with Gasteiger partial charge in [0, 0.05) is 13.2 Å². The van der Waals surface area contributed by atoms with Crippen molar-refractivity contribution in [1.29, 1.82) is 0 Å². The fraction of sp³-hybridized carbons (Fsp3) is 0.444. The van der Waals surface area contributed by atoms with Gasteiger partial charge < -0.3 is 10.1 Å². The van der Waals surface area contributed by atoms with Crippen LogP contribution in [-0.4, -0.2) is 25.8 Å². The minimum absolute atomic E-state index is 0.0334. The summed E-state index contributed by atoms with van der Waals surface area (Å²) in [7, 11) is 3.90. The molecule has 3 rings (SSSR count). The summed E-state index contributed by atoms with van der Waals surface area (Å²) < 4.78 is 5.85. The van der Waals surface area contributed by atoms with E-state index < -0.39 is 0 Å². The van der Waals surface area contributed by atoms with E-state index in [-0.39, 0.29) is 5.60 Å². The first-order chi connectivity index (χ1) is 9.79. The van der Waals surface area contributed by atoms with Gasteiger partial charge in [0.15, 0.2) is 0 Å². The minimum atomic E-state index is 0.0334. The van der Waals surface area contributed by atoms with Crippen molar-refractivity contribution in [2.75, 3.05) is 14.2 Å². The number of nitrogens with one attached hydrogen (secondary N) is 1. The van der Waals surface area contributed by atoms with Crippen molar-refractivity contribution in [2.24, 2.45) is 0 Å². The second kappa shape index (κ2) is 5.55. The quantitative estimate of drug-likeness (QED) is 0.896. The fourth-order valence-electron chi connectivity index (χ4n) is 3.46. The maximum absolute atomic E-state index is 5.85. The number of ether oxygens (including phenoxy) is 1. The normalized spacial score (nSPS) is 18.7. The average Bonchev–Trinajstić information content (AvgIpc) is 2.45. The van der Waals surface area contributed by atoms with Crippen LogP contribution in [0.3, 0.4) is 0 Å². The Hall–Kier alpha value is -1.38. The smallest absolute Gasteiger partial charge is 0.0834 e. The predicted octanol–water partition coefficient (Wildman–Crippen LogP) is 3.54. The van der Waals surface area contributed by atoms with Gasteiger partial charge in [0.25, 0.3) is 0 Å². The molecule has 1 aliphatic rings. The molecule has 0 radical (unpaired) electrons. The first kappa shape index (κ1) is 13.6. The van der Waals surface area contributed by atoms with Gasteiger partial charge in [0.1, 0.15) is 0 Å². The Morgan fingerprint density at radius 1 is 1.15 bits per heavy atom. The number of methoxy groups -OCH3 is 1. The Morgan fingerprint density at radius 3 is 2.55 bits per heavy atom. The molecule has 1 aliphatic carbocycles. The number of likely N-dealkylation sites (N-methyl/N-ethyl adjacent to an activating group) is 1. The first-order valence-electron chi connectivity index (χ1n) is 7.48. The van der Waals surface area contributed by atoms with Crippen LogP contribution in [0.1, 0.15) is 24.8 Å². The van der Waals surface area contributed by atoms with E-state index in [0.29, 0.717) is 6.04 Å². The van der Waals surface area contributed by atoms with E-state index in [9.17, 15) is 0 Å². The van der Waals surface area contributed by atoms with Gasteiger partial charge in [0.05, 0.1) is 5.60 Å². The number of benzene rings is 2. The van der Waals surface area contributed by atoms with Crippen LogP contribution in [-0.2, 0) is 11.2 Å². The second-order valence-electron chi connectivity index (χ2n) is 5.81. The fourth-order valence-corrected chi connectivity index (χ4v) is 3.46. The van der Waals surface area contributed by atoms with Crippen LogP contribution in [0.2, 0.25) is 0 Å². The molecule has 2 aromatic rings. The molecular weight excluding hydrogens is 246 g/mol. The highest BCUT2D eigenvalue weighted by Crippen LogP contribution is 2.39. The zero-order chi connectivity index (χ0) is 14.0. The average molecular weight is 269 g/mol. The Kier molecular flexibility index (Phi) is 3.77. The number of rotatable bonds is 5. The van der Waals surface area contributed by atoms with Gasteiger partial charge in [-0.3, -0.25) is 0 Å². The Bertz CT molecular complexity index is 578. The zero-order valence-corrected chi connectivity index (χ0v) is 12.4. The molecule has 2 nitrogen and oxygen atoms in total. The van der Waals surface area contributed by atoms with Crippen LogP contribution in [0, 0.1) is 0 Å². The third-order valence-corrected chi connectivity index (χ3v) is 4.89. The molecule has 1 N–H and O–H groups in total. The van der Waals surface area contributed by atoms with Crippen LogP contribution in [0.15, 0.2) is 42.5 Å². The van der Waals surface area contributed by atoms with E-state index in [1.54, 1.807) is 0 Å². The van der Waals surface area contributed by atoms with Crippen LogP contribution in [0.5, 0.6) is 0 Å². The van der Waals surface area contributed by atoms with Crippen LogP contribution in [0.25, 0.3) is 10.8 Å². The first-order valence-corrected chi connectivity index (χ1v) is 7.48. The summed E-state index contributed by atoms with van der Waals surface area (Å²) in [5.74, 6) is 0. The van der Waals surface area contributed by atoms with Crippen molar-refractivity contribution in [3.8, 4) is 0 Å². The van der Waals surface area contributed by atoms with Crippen molar-refractivity contribution in [2.45, 2.75) is 37.3 Å². The van der Waals surface area contributed by atoms with Crippen molar-refractivity contribution in [1.82, 2.24) is 5.32 Å². The van der Waals surface area contributed by atoms with Crippen molar-refractivity contribution >= 4 is 10.8 Å². The number of fused-ring (bicyclic) bond motifs is 1. The molecule has 0 amide bonds. The lowest BCUT2D eigenvalue weighted by atomic mass is 9.72. The molecule has 0 spiro atoms. The highest BCUT2D eigenvalue weighted by atomic mass is 16.5. The Balaban J connectivity index is 1.91. The van der Waals surface area contributed by atoms with Crippen molar-refractivity contribution < 1.29 is 4.74 Å². The maximum atomic E-state index is 5.85. The van der Waals surface area contributed by atoms with Crippen LogP contribution < -0.4 is 5.32 Å². The zero-order valence-electron chi connectivity index (χ0n) is 12.4. The van der Waals surface area contributed by atoms with E-state index in [1.165, 1.54) is 35.6 Å². The maximum Gasteiger partial charge on any atom is 0.0834 e. The summed E-state index contributed by atoms with van der Waals surface area (Å²) in [6.07, 6.45) is 4.63. The molecule has 0 aliphatic heterocycles. The molecule has 1 atom stereocenters. The lowest BCUT2D eigenvalue weighted by molar-refractivity contribution is -0.0966. The molecule has 0 saturated heterocycles. The van der Waals surface area contributed by atoms with Gasteiger partial charge in [-0.05, 0) is 49.1 Å². The molecule has 0 heterocycles. The molecule has 1 saturated carbocycles. The van der Waals surface area contributed by atoms with Crippen LogP contribution in [0.4, 0.5) is 0 Å².